The Balaban J connectivity index is 1.67. The van der Waals surface area contributed by atoms with Crippen LogP contribution < -0.4 is 0 Å². The maximum Gasteiger partial charge on any atom is 0.338 e. The molecular weight excluding hydrogens is 318 g/mol. The number of hydrogen-bond acceptors (Lipinski definition) is 5. The monoisotopic (exact) mass is 341 g/mol. The van der Waals surface area contributed by atoms with Gasteiger partial charge in [0.25, 0.3) is 5.91 Å². The fourth-order valence-corrected chi connectivity index (χ4v) is 3.12. The van der Waals surface area contributed by atoms with Gasteiger partial charge in [0.05, 0.1) is 28.0 Å². The smallest absolute Gasteiger partial charge is 0.338 e. The van der Waals surface area contributed by atoms with Gasteiger partial charge < -0.3 is 9.64 Å². The lowest BCUT2D eigenvalue weighted by atomic mass is 10.0. The number of hydrogen-bond donors (Lipinski definition) is 0. The molecule has 1 saturated heterocycles. The molecule has 6 heteroatoms. The van der Waals surface area contributed by atoms with Crippen LogP contribution in [0.5, 0.6) is 0 Å². The minimum atomic E-state index is -0.514. The van der Waals surface area contributed by atoms with Crippen LogP contribution in [-0.2, 0) is 9.53 Å². The van der Waals surface area contributed by atoms with Crippen molar-refractivity contribution in [3.63, 3.8) is 0 Å². The summed E-state index contributed by atoms with van der Waals surface area (Å²) in [6, 6.07) is 5.27. The second-order valence-electron chi connectivity index (χ2n) is 6.61. The minimum Gasteiger partial charge on any atom is -0.452 e. The number of carbonyl (C=O) groups is 2. The maximum atomic E-state index is 12.3. The van der Waals surface area contributed by atoms with Gasteiger partial charge in [-0.15, -0.1) is 0 Å². The summed E-state index contributed by atoms with van der Waals surface area (Å²) in [7, 11) is 0. The average molecular weight is 341 g/mol. The molecule has 1 atom stereocenters. The Bertz CT molecular complexity index is 819. The molecule has 1 aromatic carbocycles. The molecule has 1 aromatic heterocycles. The van der Waals surface area contributed by atoms with E-state index in [0.717, 1.165) is 42.7 Å². The van der Waals surface area contributed by atoms with E-state index in [2.05, 4.69) is 9.97 Å². The second-order valence-corrected chi connectivity index (χ2v) is 6.61. The van der Waals surface area contributed by atoms with Crippen LogP contribution in [0.4, 0.5) is 0 Å². The van der Waals surface area contributed by atoms with E-state index < -0.39 is 5.97 Å². The molecule has 6 nitrogen and oxygen atoms in total. The van der Waals surface area contributed by atoms with Crippen LogP contribution >= 0.6 is 0 Å². The fourth-order valence-electron chi connectivity index (χ4n) is 3.12. The first-order valence-electron chi connectivity index (χ1n) is 8.67. The van der Waals surface area contributed by atoms with Crippen molar-refractivity contribution in [1.29, 1.82) is 0 Å². The van der Waals surface area contributed by atoms with E-state index >= 15 is 0 Å². The van der Waals surface area contributed by atoms with Crippen molar-refractivity contribution in [2.24, 2.45) is 0 Å². The highest BCUT2D eigenvalue weighted by molar-refractivity contribution is 5.94. The van der Waals surface area contributed by atoms with Gasteiger partial charge >= 0.3 is 5.97 Å². The van der Waals surface area contributed by atoms with E-state index in [0.29, 0.717) is 11.1 Å². The number of likely N-dealkylation sites (tertiary alicyclic amines) is 1. The summed E-state index contributed by atoms with van der Waals surface area (Å²) in [6.07, 6.45) is 3.15. The van der Waals surface area contributed by atoms with E-state index in [4.69, 9.17) is 4.74 Å². The van der Waals surface area contributed by atoms with E-state index in [-0.39, 0.29) is 18.6 Å². The highest BCUT2D eigenvalue weighted by atomic mass is 16.5. The number of carbonyl (C=O) groups excluding carboxylic acids is 2. The Hall–Kier alpha value is -2.50. The van der Waals surface area contributed by atoms with Crippen LogP contribution in [0, 0.1) is 13.8 Å². The summed E-state index contributed by atoms with van der Waals surface area (Å²) in [5, 5.41) is 0. The number of amides is 1. The molecule has 0 radical (unpaired) electrons. The number of fused-ring (bicyclic) bond motifs is 1. The molecule has 0 aliphatic carbocycles. The van der Waals surface area contributed by atoms with E-state index in [1.54, 1.807) is 23.1 Å². The van der Waals surface area contributed by atoms with Gasteiger partial charge in [-0.1, -0.05) is 0 Å². The molecule has 1 amide bonds. The van der Waals surface area contributed by atoms with Crippen molar-refractivity contribution < 1.29 is 14.3 Å². The highest BCUT2D eigenvalue weighted by Gasteiger charge is 2.24. The van der Waals surface area contributed by atoms with Crippen molar-refractivity contribution >= 4 is 22.9 Å². The lowest BCUT2D eigenvalue weighted by Crippen LogP contribution is -2.44. The van der Waals surface area contributed by atoms with Crippen molar-refractivity contribution in [1.82, 2.24) is 14.9 Å². The van der Waals surface area contributed by atoms with Crippen LogP contribution in [0.25, 0.3) is 11.0 Å². The highest BCUT2D eigenvalue weighted by Crippen LogP contribution is 2.17. The molecule has 132 valence electrons. The molecule has 0 saturated carbocycles. The molecule has 0 bridgehead atoms. The Morgan fingerprint density at radius 3 is 2.60 bits per heavy atom. The third kappa shape index (κ3) is 3.78. The molecule has 1 fully saturated rings. The SMILES string of the molecule is Cc1nc2ccc(C(=O)OCC(=O)N3CCCCC3C)cc2nc1C. The third-order valence-corrected chi connectivity index (χ3v) is 4.76. The first-order valence-corrected chi connectivity index (χ1v) is 8.67. The second kappa shape index (κ2) is 7.17. The van der Waals surface area contributed by atoms with Gasteiger partial charge in [-0.25, -0.2) is 14.8 Å². The Labute approximate surface area is 147 Å². The fraction of sp³-hybridized carbons (Fsp3) is 0.474. The summed E-state index contributed by atoms with van der Waals surface area (Å²) >= 11 is 0. The Morgan fingerprint density at radius 1 is 1.16 bits per heavy atom. The Kier molecular flexibility index (Phi) is 4.97. The molecule has 0 N–H and O–H groups in total. The molecular formula is C19H23N3O3. The molecule has 3 rings (SSSR count). The summed E-state index contributed by atoms with van der Waals surface area (Å²) < 4.78 is 5.22. The minimum absolute atomic E-state index is 0.132. The standard InChI is InChI=1S/C19H23N3O3/c1-12-6-4-5-9-22(12)18(23)11-25-19(24)15-7-8-16-17(10-15)21-14(3)13(2)20-16/h7-8,10,12H,4-6,9,11H2,1-3H3. The van der Waals surface area contributed by atoms with E-state index in [1.807, 2.05) is 20.8 Å². The summed E-state index contributed by atoms with van der Waals surface area (Å²) in [4.78, 5) is 35.2. The summed E-state index contributed by atoms with van der Waals surface area (Å²) in [5.74, 6) is -0.646. The zero-order chi connectivity index (χ0) is 18.0. The first-order chi connectivity index (χ1) is 12.0. The van der Waals surface area contributed by atoms with Gasteiger partial charge in [-0.05, 0) is 58.2 Å². The maximum absolute atomic E-state index is 12.3. The lowest BCUT2D eigenvalue weighted by Gasteiger charge is -2.33. The van der Waals surface area contributed by atoms with Gasteiger partial charge in [0.2, 0.25) is 0 Å². The van der Waals surface area contributed by atoms with Crippen molar-refractivity contribution in [3.05, 3.63) is 35.2 Å². The van der Waals surface area contributed by atoms with Gasteiger partial charge in [0, 0.05) is 12.6 Å². The molecule has 2 heterocycles. The predicted octanol–water partition coefficient (Wildman–Crippen LogP) is 2.80. The zero-order valence-electron chi connectivity index (χ0n) is 14.9. The Morgan fingerprint density at radius 2 is 1.88 bits per heavy atom. The lowest BCUT2D eigenvalue weighted by molar-refractivity contribution is -0.137. The quantitative estimate of drug-likeness (QED) is 0.803. The number of aromatic nitrogens is 2. The summed E-state index contributed by atoms with van der Waals surface area (Å²) in [6.45, 7) is 6.33. The number of nitrogens with zero attached hydrogens (tertiary/aromatic N) is 3. The van der Waals surface area contributed by atoms with E-state index in [1.165, 1.54) is 0 Å². The van der Waals surface area contributed by atoms with Gasteiger partial charge in [-0.3, -0.25) is 4.79 Å². The van der Waals surface area contributed by atoms with E-state index in [9.17, 15) is 9.59 Å². The molecule has 0 spiro atoms. The van der Waals surface area contributed by atoms with Crippen molar-refractivity contribution in [3.8, 4) is 0 Å². The number of ether oxygens (including phenoxy) is 1. The number of esters is 1. The van der Waals surface area contributed by atoms with Gasteiger partial charge in [-0.2, -0.15) is 0 Å². The molecule has 25 heavy (non-hydrogen) atoms. The molecule has 1 aliphatic heterocycles. The zero-order valence-corrected chi connectivity index (χ0v) is 14.9. The van der Waals surface area contributed by atoms with Crippen LogP contribution in [0.1, 0.15) is 47.9 Å². The van der Waals surface area contributed by atoms with Crippen LogP contribution in [-0.4, -0.2) is 45.9 Å². The van der Waals surface area contributed by atoms with Crippen molar-refractivity contribution in [2.75, 3.05) is 13.2 Å². The van der Waals surface area contributed by atoms with Crippen molar-refractivity contribution in [2.45, 2.75) is 46.1 Å². The topological polar surface area (TPSA) is 72.4 Å². The number of aryl methyl sites for hydroxylation is 2. The first kappa shape index (κ1) is 17.3. The molecule has 1 unspecified atom stereocenters. The number of rotatable bonds is 3. The average Bonchev–Trinajstić information content (AvgIpc) is 2.60. The predicted molar refractivity (Wildman–Crippen MR) is 94.3 cm³/mol. The van der Waals surface area contributed by atoms with Crippen LogP contribution in [0.3, 0.4) is 0 Å². The van der Waals surface area contributed by atoms with Crippen LogP contribution in [0.15, 0.2) is 18.2 Å². The number of piperidine rings is 1. The largest absolute Gasteiger partial charge is 0.452 e. The third-order valence-electron chi connectivity index (χ3n) is 4.76. The van der Waals surface area contributed by atoms with Crippen LogP contribution in [0.2, 0.25) is 0 Å². The number of benzene rings is 1. The van der Waals surface area contributed by atoms with Gasteiger partial charge in [0.15, 0.2) is 6.61 Å². The van der Waals surface area contributed by atoms with Gasteiger partial charge in [0.1, 0.15) is 0 Å². The molecule has 1 aliphatic rings. The normalized spacial score (nSPS) is 17.6. The molecule has 2 aromatic rings. The summed E-state index contributed by atoms with van der Waals surface area (Å²) in [5.41, 5.74) is 3.45.